The van der Waals surface area contributed by atoms with Gasteiger partial charge in [0, 0.05) is 6.54 Å². The van der Waals surface area contributed by atoms with Crippen molar-refractivity contribution >= 4 is 15.9 Å². The Hall–Kier alpha value is -2.22. The van der Waals surface area contributed by atoms with Gasteiger partial charge in [0.15, 0.2) is 0 Å². The van der Waals surface area contributed by atoms with Gasteiger partial charge in [0.1, 0.15) is 0 Å². The Kier molecular flexibility index (Phi) is 6.30. The molecule has 25 heavy (non-hydrogen) atoms. The number of rotatable bonds is 7. The number of nitrogens with zero attached hydrogens (tertiary/aromatic N) is 1. The molecule has 2 aromatic carbocycles. The number of carbonyl (C=O) groups excluding carboxylic acids is 1. The van der Waals surface area contributed by atoms with Crippen LogP contribution in [0.5, 0.6) is 0 Å². The summed E-state index contributed by atoms with van der Waals surface area (Å²) in [5, 5.41) is 7.99. The summed E-state index contributed by atoms with van der Waals surface area (Å²) in [7, 11) is -1.82. The summed E-state index contributed by atoms with van der Waals surface area (Å²) in [6.07, 6.45) is 0. The molecule has 0 spiro atoms. The van der Waals surface area contributed by atoms with E-state index in [0.717, 1.165) is 11.1 Å². The monoisotopic (exact) mass is 361 g/mol. The van der Waals surface area contributed by atoms with Crippen LogP contribution in [-0.4, -0.2) is 32.8 Å². The summed E-state index contributed by atoms with van der Waals surface area (Å²) in [5.74, 6) is -0.0959. The number of benzene rings is 2. The molecule has 0 heterocycles. The third-order valence-electron chi connectivity index (χ3n) is 3.79. The second-order valence-electron chi connectivity index (χ2n) is 6.06. The van der Waals surface area contributed by atoms with E-state index in [0.29, 0.717) is 6.54 Å². The fourth-order valence-electron chi connectivity index (χ4n) is 2.51. The van der Waals surface area contributed by atoms with Gasteiger partial charge in [-0.1, -0.05) is 42.5 Å². The molecule has 0 radical (unpaired) electrons. The molecule has 0 aromatic heterocycles. The molecule has 1 unspecified atom stereocenters. The van der Waals surface area contributed by atoms with Crippen molar-refractivity contribution in [2.45, 2.75) is 24.4 Å². The average Bonchev–Trinajstić information content (AvgIpc) is 2.54. The van der Waals surface area contributed by atoms with Crippen molar-refractivity contribution in [3.63, 3.8) is 0 Å². The number of nitrogens with two attached hydrogens (primary N) is 1. The molecule has 1 atom stereocenters. The van der Waals surface area contributed by atoms with Crippen LogP contribution in [0.3, 0.4) is 0 Å². The van der Waals surface area contributed by atoms with E-state index in [4.69, 9.17) is 5.14 Å². The zero-order valence-corrected chi connectivity index (χ0v) is 15.2. The minimum absolute atomic E-state index is 0.0531. The van der Waals surface area contributed by atoms with Gasteiger partial charge < -0.3 is 5.32 Å². The number of hydrogen-bond acceptors (Lipinski definition) is 4. The Bertz CT molecular complexity index is 805. The minimum atomic E-state index is -3.71. The Morgan fingerprint density at radius 2 is 1.72 bits per heavy atom. The molecule has 0 aliphatic heterocycles. The van der Waals surface area contributed by atoms with Crippen molar-refractivity contribution in [3.05, 3.63) is 65.7 Å². The largest absolute Gasteiger partial charge is 0.348 e. The SMILES string of the molecule is CC(NC(=O)CN(C)Cc1ccccc1)c1ccc(S(N)(=O)=O)cc1. The van der Waals surface area contributed by atoms with Crippen LogP contribution >= 0.6 is 0 Å². The first-order valence-electron chi connectivity index (χ1n) is 7.90. The average molecular weight is 361 g/mol. The van der Waals surface area contributed by atoms with Crippen LogP contribution in [-0.2, 0) is 21.4 Å². The molecule has 1 amide bonds. The lowest BCUT2D eigenvalue weighted by Gasteiger charge is -2.19. The fourth-order valence-corrected chi connectivity index (χ4v) is 3.03. The third kappa shape index (κ3) is 5.97. The van der Waals surface area contributed by atoms with E-state index in [9.17, 15) is 13.2 Å². The Balaban J connectivity index is 1.89. The maximum absolute atomic E-state index is 12.2. The number of likely N-dealkylation sites (N-methyl/N-ethyl adjacent to an activating group) is 1. The molecule has 2 aromatic rings. The molecule has 0 aliphatic carbocycles. The molecular weight excluding hydrogens is 338 g/mol. The van der Waals surface area contributed by atoms with Gasteiger partial charge in [-0.15, -0.1) is 0 Å². The fraction of sp³-hybridized carbons (Fsp3) is 0.278. The molecule has 2 rings (SSSR count). The number of nitrogens with one attached hydrogen (secondary N) is 1. The molecule has 0 aliphatic rings. The lowest BCUT2D eigenvalue weighted by Crippen LogP contribution is -2.36. The maximum Gasteiger partial charge on any atom is 0.238 e. The van der Waals surface area contributed by atoms with Crippen LogP contribution in [0.25, 0.3) is 0 Å². The Morgan fingerprint density at radius 1 is 1.12 bits per heavy atom. The topological polar surface area (TPSA) is 92.5 Å². The van der Waals surface area contributed by atoms with E-state index in [-0.39, 0.29) is 23.4 Å². The van der Waals surface area contributed by atoms with Crippen LogP contribution in [0, 0.1) is 0 Å². The first-order chi connectivity index (χ1) is 11.8. The molecule has 0 bridgehead atoms. The van der Waals surface area contributed by atoms with Gasteiger partial charge in [-0.2, -0.15) is 0 Å². The van der Waals surface area contributed by atoms with Crippen molar-refractivity contribution in [3.8, 4) is 0 Å². The quantitative estimate of drug-likeness (QED) is 0.784. The number of primary sulfonamides is 1. The van der Waals surface area contributed by atoms with Crippen LogP contribution < -0.4 is 10.5 Å². The Morgan fingerprint density at radius 3 is 2.28 bits per heavy atom. The molecule has 6 nitrogen and oxygen atoms in total. The highest BCUT2D eigenvalue weighted by Crippen LogP contribution is 2.15. The summed E-state index contributed by atoms with van der Waals surface area (Å²) < 4.78 is 22.5. The molecule has 3 N–H and O–H groups in total. The Labute approximate surface area is 148 Å². The van der Waals surface area contributed by atoms with Crippen LogP contribution in [0.4, 0.5) is 0 Å². The van der Waals surface area contributed by atoms with E-state index < -0.39 is 10.0 Å². The van der Waals surface area contributed by atoms with Gasteiger partial charge in [0.2, 0.25) is 15.9 Å². The zero-order valence-electron chi connectivity index (χ0n) is 14.3. The van der Waals surface area contributed by atoms with Crippen molar-refractivity contribution < 1.29 is 13.2 Å². The summed E-state index contributed by atoms with van der Waals surface area (Å²) in [6, 6.07) is 15.9. The number of hydrogen-bond donors (Lipinski definition) is 2. The van der Waals surface area contributed by atoms with Gasteiger partial charge in [0.25, 0.3) is 0 Å². The lowest BCUT2D eigenvalue weighted by molar-refractivity contribution is -0.122. The number of amides is 1. The van der Waals surface area contributed by atoms with E-state index in [1.807, 2.05) is 49.2 Å². The lowest BCUT2D eigenvalue weighted by atomic mass is 10.1. The second kappa shape index (κ2) is 8.24. The molecular formula is C18H23N3O3S. The zero-order chi connectivity index (χ0) is 18.4. The predicted octanol–water partition coefficient (Wildman–Crippen LogP) is 1.64. The standard InChI is InChI=1S/C18H23N3O3S/c1-14(16-8-10-17(11-9-16)25(19,23)24)20-18(22)13-21(2)12-15-6-4-3-5-7-15/h3-11,14H,12-13H2,1-2H3,(H,20,22)(H2,19,23,24). The minimum Gasteiger partial charge on any atom is -0.348 e. The maximum atomic E-state index is 12.2. The highest BCUT2D eigenvalue weighted by molar-refractivity contribution is 7.89. The van der Waals surface area contributed by atoms with E-state index >= 15 is 0 Å². The number of carbonyl (C=O) groups is 1. The molecule has 7 heteroatoms. The molecule has 0 saturated carbocycles. The number of sulfonamides is 1. The molecule has 134 valence electrons. The van der Waals surface area contributed by atoms with Gasteiger partial charge in [-0.3, -0.25) is 9.69 Å². The van der Waals surface area contributed by atoms with Crippen LogP contribution in [0.15, 0.2) is 59.5 Å². The van der Waals surface area contributed by atoms with Crippen LogP contribution in [0.2, 0.25) is 0 Å². The van der Waals surface area contributed by atoms with Gasteiger partial charge in [0.05, 0.1) is 17.5 Å². The van der Waals surface area contributed by atoms with Gasteiger partial charge >= 0.3 is 0 Å². The molecule has 0 saturated heterocycles. The third-order valence-corrected chi connectivity index (χ3v) is 4.72. The summed E-state index contributed by atoms with van der Waals surface area (Å²) >= 11 is 0. The van der Waals surface area contributed by atoms with Gasteiger partial charge in [-0.05, 0) is 37.2 Å². The normalized spacial score (nSPS) is 12.8. The van der Waals surface area contributed by atoms with E-state index in [1.165, 1.54) is 12.1 Å². The van der Waals surface area contributed by atoms with E-state index in [1.54, 1.807) is 12.1 Å². The summed E-state index contributed by atoms with van der Waals surface area (Å²) in [4.78, 5) is 14.2. The van der Waals surface area contributed by atoms with Crippen molar-refractivity contribution in [2.24, 2.45) is 5.14 Å². The summed E-state index contributed by atoms with van der Waals surface area (Å²) in [5.41, 5.74) is 1.95. The van der Waals surface area contributed by atoms with Crippen molar-refractivity contribution in [1.29, 1.82) is 0 Å². The van der Waals surface area contributed by atoms with Crippen molar-refractivity contribution in [2.75, 3.05) is 13.6 Å². The van der Waals surface area contributed by atoms with E-state index in [2.05, 4.69) is 5.32 Å². The smallest absolute Gasteiger partial charge is 0.238 e. The summed E-state index contributed by atoms with van der Waals surface area (Å²) in [6.45, 7) is 2.81. The first kappa shape index (κ1) is 19.1. The second-order valence-corrected chi connectivity index (χ2v) is 7.62. The molecule has 0 fully saturated rings. The van der Waals surface area contributed by atoms with Crippen LogP contribution in [0.1, 0.15) is 24.1 Å². The van der Waals surface area contributed by atoms with Crippen molar-refractivity contribution in [1.82, 2.24) is 10.2 Å². The highest BCUT2D eigenvalue weighted by atomic mass is 32.2. The first-order valence-corrected chi connectivity index (χ1v) is 9.45. The predicted molar refractivity (Wildman–Crippen MR) is 97.1 cm³/mol. The van der Waals surface area contributed by atoms with Gasteiger partial charge in [-0.25, -0.2) is 13.6 Å². The highest BCUT2D eigenvalue weighted by Gasteiger charge is 2.13.